The summed E-state index contributed by atoms with van der Waals surface area (Å²) >= 11 is 0. The van der Waals surface area contributed by atoms with Crippen LogP contribution in [-0.4, -0.2) is 25.3 Å². The molecule has 5 heteroatoms. The van der Waals surface area contributed by atoms with Crippen LogP contribution in [0, 0.1) is 11.3 Å². The van der Waals surface area contributed by atoms with Gasteiger partial charge in [-0.05, 0) is 68.4 Å². The van der Waals surface area contributed by atoms with E-state index in [0.717, 1.165) is 36.8 Å². The van der Waals surface area contributed by atoms with Crippen LogP contribution < -0.4 is 4.72 Å². The van der Waals surface area contributed by atoms with Crippen LogP contribution in [0.5, 0.6) is 0 Å². The van der Waals surface area contributed by atoms with E-state index in [-0.39, 0.29) is 0 Å². The summed E-state index contributed by atoms with van der Waals surface area (Å²) in [6, 6.07) is 8.02. The van der Waals surface area contributed by atoms with E-state index < -0.39 is 20.9 Å². The molecule has 0 heterocycles. The quantitative estimate of drug-likeness (QED) is 0.783. The SMILES string of the molecule is CC(C)S(=O)(=O)NCCc1ccc(C2(O)CCC(C(C)(C)C)CC2)cc1. The molecule has 0 saturated heterocycles. The first-order valence-electron chi connectivity index (χ1n) is 9.74. The Morgan fingerprint density at radius 1 is 1.15 bits per heavy atom. The zero-order chi connectivity index (χ0) is 19.6. The van der Waals surface area contributed by atoms with Gasteiger partial charge < -0.3 is 5.11 Å². The smallest absolute Gasteiger partial charge is 0.213 e. The Hall–Kier alpha value is -0.910. The van der Waals surface area contributed by atoms with Gasteiger partial charge in [-0.25, -0.2) is 13.1 Å². The van der Waals surface area contributed by atoms with Gasteiger partial charge in [0.05, 0.1) is 10.9 Å². The topological polar surface area (TPSA) is 66.4 Å². The Morgan fingerprint density at radius 2 is 1.69 bits per heavy atom. The molecule has 0 bridgehead atoms. The second kappa shape index (κ2) is 7.99. The zero-order valence-electron chi connectivity index (χ0n) is 16.9. The van der Waals surface area contributed by atoms with Gasteiger partial charge in [-0.3, -0.25) is 0 Å². The highest BCUT2D eigenvalue weighted by Crippen LogP contribution is 2.45. The average Bonchev–Trinajstić information content (AvgIpc) is 2.54. The molecule has 2 N–H and O–H groups in total. The first-order chi connectivity index (χ1) is 11.9. The van der Waals surface area contributed by atoms with Crippen LogP contribution in [0.3, 0.4) is 0 Å². The molecule has 1 aliphatic carbocycles. The summed E-state index contributed by atoms with van der Waals surface area (Å²) in [6.45, 7) is 10.6. The van der Waals surface area contributed by atoms with E-state index in [0.29, 0.717) is 24.3 Å². The lowest BCUT2D eigenvalue weighted by Crippen LogP contribution is -2.35. The molecular formula is C21H35NO3S. The van der Waals surface area contributed by atoms with Gasteiger partial charge in [0.15, 0.2) is 0 Å². The van der Waals surface area contributed by atoms with Crippen molar-refractivity contribution in [2.24, 2.45) is 11.3 Å². The molecule has 1 saturated carbocycles. The van der Waals surface area contributed by atoms with E-state index in [1.165, 1.54) is 0 Å². The van der Waals surface area contributed by atoms with Crippen LogP contribution in [0.15, 0.2) is 24.3 Å². The minimum atomic E-state index is -3.21. The van der Waals surface area contributed by atoms with E-state index in [9.17, 15) is 13.5 Å². The maximum absolute atomic E-state index is 11.8. The highest BCUT2D eigenvalue weighted by atomic mass is 32.2. The van der Waals surface area contributed by atoms with E-state index in [2.05, 4.69) is 25.5 Å². The van der Waals surface area contributed by atoms with Crippen molar-refractivity contribution in [3.8, 4) is 0 Å². The van der Waals surface area contributed by atoms with Gasteiger partial charge in [0.1, 0.15) is 0 Å². The van der Waals surface area contributed by atoms with Gasteiger partial charge >= 0.3 is 0 Å². The molecule has 0 radical (unpaired) electrons. The summed E-state index contributed by atoms with van der Waals surface area (Å²) < 4.78 is 26.2. The van der Waals surface area contributed by atoms with Crippen molar-refractivity contribution >= 4 is 10.0 Å². The molecule has 0 aromatic heterocycles. The van der Waals surface area contributed by atoms with E-state index in [1.807, 2.05) is 24.3 Å². The van der Waals surface area contributed by atoms with Gasteiger partial charge in [-0.15, -0.1) is 0 Å². The minimum Gasteiger partial charge on any atom is -0.385 e. The number of hydrogen-bond acceptors (Lipinski definition) is 3. The molecule has 0 amide bonds. The van der Waals surface area contributed by atoms with Gasteiger partial charge in [0.25, 0.3) is 0 Å². The molecule has 2 rings (SSSR count). The van der Waals surface area contributed by atoms with Gasteiger partial charge in [-0.1, -0.05) is 45.0 Å². The molecule has 1 aliphatic rings. The lowest BCUT2D eigenvalue weighted by Gasteiger charge is -2.41. The molecule has 1 aromatic rings. The summed E-state index contributed by atoms with van der Waals surface area (Å²) in [4.78, 5) is 0. The fourth-order valence-electron chi connectivity index (χ4n) is 3.74. The van der Waals surface area contributed by atoms with Crippen LogP contribution >= 0.6 is 0 Å². The third kappa shape index (κ3) is 5.30. The monoisotopic (exact) mass is 381 g/mol. The van der Waals surface area contributed by atoms with E-state index in [4.69, 9.17) is 0 Å². The summed E-state index contributed by atoms with van der Waals surface area (Å²) in [5.41, 5.74) is 1.64. The van der Waals surface area contributed by atoms with Crippen LogP contribution in [0.25, 0.3) is 0 Å². The number of nitrogens with one attached hydrogen (secondary N) is 1. The van der Waals surface area contributed by atoms with Crippen molar-refractivity contribution in [2.75, 3.05) is 6.54 Å². The molecule has 0 atom stereocenters. The van der Waals surface area contributed by atoms with Gasteiger partial charge in [0, 0.05) is 6.54 Å². The predicted molar refractivity (Wildman–Crippen MR) is 108 cm³/mol. The fraction of sp³-hybridized carbons (Fsp3) is 0.714. The Kier molecular flexibility index (Phi) is 6.57. The standard InChI is InChI=1S/C21H35NO3S/c1-16(2)26(24,25)22-15-12-17-6-8-19(9-7-17)21(23)13-10-18(11-14-21)20(3,4)5/h6-9,16,18,22-23H,10-15H2,1-5H3. The molecule has 148 valence electrons. The Bertz CT molecular complexity index is 679. The van der Waals surface area contributed by atoms with Crippen molar-refractivity contribution < 1.29 is 13.5 Å². The number of rotatable bonds is 6. The average molecular weight is 382 g/mol. The molecule has 0 aliphatic heterocycles. The Morgan fingerprint density at radius 3 is 2.15 bits per heavy atom. The van der Waals surface area contributed by atoms with Crippen LogP contribution in [0.4, 0.5) is 0 Å². The molecule has 4 nitrogen and oxygen atoms in total. The summed E-state index contributed by atoms with van der Waals surface area (Å²) in [7, 11) is -3.21. The lowest BCUT2D eigenvalue weighted by atomic mass is 9.67. The van der Waals surface area contributed by atoms with Gasteiger partial charge in [-0.2, -0.15) is 0 Å². The zero-order valence-corrected chi connectivity index (χ0v) is 17.7. The molecule has 1 fully saturated rings. The highest BCUT2D eigenvalue weighted by molar-refractivity contribution is 7.90. The second-order valence-electron chi connectivity index (χ2n) is 9.11. The van der Waals surface area contributed by atoms with Gasteiger partial charge in [0.2, 0.25) is 10.0 Å². The second-order valence-corrected chi connectivity index (χ2v) is 11.4. The van der Waals surface area contributed by atoms with E-state index >= 15 is 0 Å². The lowest BCUT2D eigenvalue weighted by molar-refractivity contribution is -0.0298. The van der Waals surface area contributed by atoms with Crippen molar-refractivity contribution in [3.63, 3.8) is 0 Å². The normalized spacial score (nSPS) is 24.8. The Labute approximate surface area is 159 Å². The number of benzene rings is 1. The number of sulfonamides is 1. The summed E-state index contributed by atoms with van der Waals surface area (Å²) in [6.07, 6.45) is 4.37. The minimum absolute atomic E-state index is 0.300. The molecule has 1 aromatic carbocycles. The largest absolute Gasteiger partial charge is 0.385 e. The predicted octanol–water partition coefficient (Wildman–Crippen LogP) is 3.98. The summed E-state index contributed by atoms with van der Waals surface area (Å²) in [5, 5.41) is 10.7. The number of hydrogen-bond donors (Lipinski definition) is 2. The van der Waals surface area contributed by atoms with E-state index in [1.54, 1.807) is 13.8 Å². The maximum atomic E-state index is 11.8. The highest BCUT2D eigenvalue weighted by Gasteiger charge is 2.38. The third-order valence-corrected chi connectivity index (χ3v) is 7.71. The maximum Gasteiger partial charge on any atom is 0.213 e. The fourth-order valence-corrected chi connectivity index (χ4v) is 4.46. The number of aliphatic hydroxyl groups is 1. The molecule has 26 heavy (non-hydrogen) atoms. The summed E-state index contributed by atoms with van der Waals surface area (Å²) in [5.74, 6) is 0.663. The van der Waals surface area contributed by atoms with Crippen molar-refractivity contribution in [1.29, 1.82) is 0 Å². The molecular weight excluding hydrogens is 346 g/mol. The van der Waals surface area contributed by atoms with Crippen molar-refractivity contribution in [3.05, 3.63) is 35.4 Å². The third-order valence-electron chi connectivity index (χ3n) is 5.87. The van der Waals surface area contributed by atoms with Crippen LogP contribution in [0.2, 0.25) is 0 Å². The first-order valence-corrected chi connectivity index (χ1v) is 11.3. The first kappa shape index (κ1) is 21.4. The molecule has 0 unspecified atom stereocenters. The van der Waals surface area contributed by atoms with Crippen LogP contribution in [-0.2, 0) is 22.0 Å². The Balaban J connectivity index is 1.93. The molecule has 0 spiro atoms. The van der Waals surface area contributed by atoms with Crippen molar-refractivity contribution in [1.82, 2.24) is 4.72 Å². The van der Waals surface area contributed by atoms with Crippen molar-refractivity contribution in [2.45, 2.75) is 77.6 Å². The van der Waals surface area contributed by atoms with Crippen LogP contribution in [0.1, 0.15) is 71.4 Å².